The maximum Gasteiger partial charge on any atom is 0.349 e. The normalized spacial score (nSPS) is 23.2. The van der Waals surface area contributed by atoms with Crippen LogP contribution in [0.2, 0.25) is 0 Å². The fourth-order valence-corrected chi connectivity index (χ4v) is 4.86. The molecule has 17 nitrogen and oxygen atoms in total. The number of methoxy groups -OCH3 is 1. The average molecular weight is 591 g/mol. The molecule has 1 amide bonds. The van der Waals surface area contributed by atoms with E-state index in [1.807, 2.05) is 0 Å². The molecule has 0 aromatic rings. The first kappa shape index (κ1) is 34.1. The zero-order valence-corrected chi connectivity index (χ0v) is 23.4. The Bertz CT molecular complexity index is 1060. The number of carbonyl (C=O) groups excluding carboxylic acids is 7. The number of amides is 1. The molecule has 0 aliphatic carbocycles. The predicted octanol–water partition coefficient (Wildman–Crippen LogP) is 0.0776. The van der Waals surface area contributed by atoms with E-state index >= 15 is 0 Å². The molecule has 1 saturated heterocycles. The highest BCUT2D eigenvalue weighted by Crippen LogP contribution is 2.43. The Kier molecular flexibility index (Phi) is 13.3. The molecule has 18 heteroatoms. The van der Waals surface area contributed by atoms with Crippen LogP contribution in [0.5, 0.6) is 0 Å². The molecule has 1 heterocycles. The lowest BCUT2D eigenvalue weighted by molar-refractivity contribution is -0.220. The Balaban J connectivity index is 3.87. The molecule has 222 valence electrons. The molecule has 0 saturated carbocycles. The standard InChI is InChI=1S/C22H30N4O13S/c1-10(27)35-9-17(32)25-18-15(36-11(2)28)7-22(21(33)34-6,40-14(5)31)39-20(18)19(38-13(4)30)16(8-24-26-23)37-12(3)29/h15-16,18-20H,7-9H2,1-6H3,(H,25,32)/t15-,16+,18+,19+,20+,22-/m0/s1. The van der Waals surface area contributed by atoms with Gasteiger partial charge in [-0.15, -0.1) is 0 Å². The number of thioether (sulfide) groups is 1. The van der Waals surface area contributed by atoms with Gasteiger partial charge in [-0.2, -0.15) is 0 Å². The van der Waals surface area contributed by atoms with Crippen LogP contribution in [-0.2, 0) is 62.0 Å². The molecule has 6 atom stereocenters. The van der Waals surface area contributed by atoms with E-state index in [9.17, 15) is 33.6 Å². The highest BCUT2D eigenvalue weighted by atomic mass is 32.2. The molecule has 1 fully saturated rings. The molecule has 0 aromatic carbocycles. The first-order valence-corrected chi connectivity index (χ1v) is 12.4. The van der Waals surface area contributed by atoms with Crippen molar-refractivity contribution in [2.24, 2.45) is 5.11 Å². The zero-order valence-electron chi connectivity index (χ0n) is 22.6. The quantitative estimate of drug-likeness (QED) is 0.104. The highest BCUT2D eigenvalue weighted by Gasteiger charge is 2.59. The van der Waals surface area contributed by atoms with Gasteiger partial charge in [-0.05, 0) is 17.3 Å². The third-order valence-corrected chi connectivity index (χ3v) is 6.09. The average Bonchev–Trinajstić information content (AvgIpc) is 2.83. The van der Waals surface area contributed by atoms with Gasteiger partial charge in [0.1, 0.15) is 18.3 Å². The van der Waals surface area contributed by atoms with E-state index in [4.69, 9.17) is 34.0 Å². The van der Waals surface area contributed by atoms with E-state index in [0.29, 0.717) is 11.8 Å². The van der Waals surface area contributed by atoms with Crippen molar-refractivity contribution in [1.82, 2.24) is 5.32 Å². The highest BCUT2D eigenvalue weighted by molar-refractivity contribution is 8.15. The van der Waals surface area contributed by atoms with Gasteiger partial charge in [-0.3, -0.25) is 28.8 Å². The number of nitrogens with zero attached hydrogens (tertiary/aromatic N) is 3. The molecule has 0 bridgehead atoms. The summed E-state index contributed by atoms with van der Waals surface area (Å²) in [4.78, 5) is 85.6. The smallest absolute Gasteiger partial charge is 0.349 e. The predicted molar refractivity (Wildman–Crippen MR) is 132 cm³/mol. The molecular weight excluding hydrogens is 560 g/mol. The molecule has 1 aliphatic rings. The summed E-state index contributed by atoms with van der Waals surface area (Å²) in [6.45, 7) is 3.83. The molecule has 0 unspecified atom stereocenters. The molecule has 0 radical (unpaired) electrons. The number of nitrogens with one attached hydrogen (secondary N) is 1. The van der Waals surface area contributed by atoms with Crippen LogP contribution in [0.1, 0.15) is 41.0 Å². The monoisotopic (exact) mass is 590 g/mol. The van der Waals surface area contributed by atoms with Crippen molar-refractivity contribution in [3.8, 4) is 0 Å². The number of hydrogen-bond donors (Lipinski definition) is 1. The van der Waals surface area contributed by atoms with Gasteiger partial charge in [-0.1, -0.05) is 5.11 Å². The summed E-state index contributed by atoms with van der Waals surface area (Å²) in [5, 5.41) is 5.18. The van der Waals surface area contributed by atoms with Crippen molar-refractivity contribution in [3.63, 3.8) is 0 Å². The van der Waals surface area contributed by atoms with Gasteiger partial charge >= 0.3 is 29.8 Å². The van der Waals surface area contributed by atoms with Crippen LogP contribution in [0, 0.1) is 0 Å². The van der Waals surface area contributed by atoms with Crippen LogP contribution in [0.25, 0.3) is 10.4 Å². The first-order valence-electron chi connectivity index (χ1n) is 11.6. The SMILES string of the molecule is COC(=O)[C@@]1(SC(C)=O)C[C@H](OC(C)=O)[C@@H](NC(=O)COC(C)=O)[C@H]([C@H](OC(C)=O)[C@@H](CN=[N+]=[N-])OC(C)=O)O1. The second kappa shape index (κ2) is 15.6. The van der Waals surface area contributed by atoms with Crippen LogP contribution < -0.4 is 5.32 Å². The Morgan fingerprint density at radius 3 is 2.12 bits per heavy atom. The van der Waals surface area contributed by atoms with Gasteiger partial charge in [0.2, 0.25) is 4.93 Å². The Morgan fingerprint density at radius 2 is 1.65 bits per heavy atom. The Hall–Kier alpha value is -3.89. The fraction of sp³-hybridized carbons (Fsp3) is 0.682. The van der Waals surface area contributed by atoms with E-state index in [2.05, 4.69) is 15.3 Å². The second-order valence-corrected chi connectivity index (χ2v) is 9.72. The third-order valence-electron chi connectivity index (χ3n) is 5.04. The molecule has 1 rings (SSSR count). The lowest BCUT2D eigenvalue weighted by atomic mass is 9.89. The van der Waals surface area contributed by atoms with E-state index in [-0.39, 0.29) is 0 Å². The molecule has 0 spiro atoms. The third kappa shape index (κ3) is 10.3. The first-order chi connectivity index (χ1) is 18.6. The Labute approximate surface area is 232 Å². The van der Waals surface area contributed by atoms with Gasteiger partial charge in [0.15, 0.2) is 17.8 Å². The largest absolute Gasteiger partial charge is 0.466 e. The van der Waals surface area contributed by atoms with Crippen LogP contribution in [0.3, 0.4) is 0 Å². The maximum atomic E-state index is 13.0. The minimum Gasteiger partial charge on any atom is -0.466 e. The van der Waals surface area contributed by atoms with Gasteiger partial charge in [0.25, 0.3) is 5.91 Å². The Morgan fingerprint density at radius 1 is 1.02 bits per heavy atom. The van der Waals surface area contributed by atoms with Crippen molar-refractivity contribution in [3.05, 3.63) is 10.4 Å². The fourth-order valence-electron chi connectivity index (χ4n) is 3.83. The van der Waals surface area contributed by atoms with Crippen LogP contribution >= 0.6 is 11.8 Å². The number of ether oxygens (including phenoxy) is 6. The zero-order chi connectivity index (χ0) is 30.6. The van der Waals surface area contributed by atoms with Gasteiger partial charge < -0.3 is 33.7 Å². The maximum absolute atomic E-state index is 13.0. The number of esters is 5. The van der Waals surface area contributed by atoms with Crippen LogP contribution in [0.15, 0.2) is 5.11 Å². The summed E-state index contributed by atoms with van der Waals surface area (Å²) in [6, 6.07) is -1.47. The van der Waals surface area contributed by atoms with Gasteiger partial charge in [0.05, 0.1) is 19.7 Å². The summed E-state index contributed by atoms with van der Waals surface area (Å²) in [5.41, 5.74) is 8.85. The molecule has 1 aliphatic heterocycles. The molecular formula is C22H30N4O13S. The van der Waals surface area contributed by atoms with Crippen molar-refractivity contribution >= 4 is 52.6 Å². The summed E-state index contributed by atoms with van der Waals surface area (Å²) in [5.74, 6) is -5.51. The molecule has 1 N–H and O–H groups in total. The van der Waals surface area contributed by atoms with Crippen molar-refractivity contribution in [2.45, 2.75) is 76.4 Å². The van der Waals surface area contributed by atoms with E-state index in [1.54, 1.807) is 0 Å². The number of hydrogen-bond acceptors (Lipinski definition) is 15. The van der Waals surface area contributed by atoms with Crippen molar-refractivity contribution < 1.29 is 62.0 Å². The van der Waals surface area contributed by atoms with Crippen LogP contribution in [-0.4, -0.2) is 96.5 Å². The topological polar surface area (TPSA) is 236 Å². The van der Waals surface area contributed by atoms with Crippen molar-refractivity contribution in [1.29, 1.82) is 0 Å². The number of carbonyl (C=O) groups is 7. The number of azide groups is 1. The second-order valence-electron chi connectivity index (χ2n) is 8.28. The lowest BCUT2D eigenvalue weighted by Crippen LogP contribution is -2.68. The summed E-state index contributed by atoms with van der Waals surface area (Å²) < 4.78 is 31.6. The molecule has 40 heavy (non-hydrogen) atoms. The van der Waals surface area contributed by atoms with Gasteiger partial charge in [-0.25, -0.2) is 4.79 Å². The van der Waals surface area contributed by atoms with Crippen molar-refractivity contribution in [2.75, 3.05) is 20.3 Å². The summed E-state index contributed by atoms with van der Waals surface area (Å²) in [6.07, 6.45) is -6.98. The van der Waals surface area contributed by atoms with E-state index in [1.165, 1.54) is 0 Å². The van der Waals surface area contributed by atoms with E-state index in [0.717, 1.165) is 41.7 Å². The number of rotatable bonds is 12. The summed E-state index contributed by atoms with van der Waals surface area (Å²) >= 11 is 0.366. The lowest BCUT2D eigenvalue weighted by Gasteiger charge is -2.48. The summed E-state index contributed by atoms with van der Waals surface area (Å²) in [7, 11) is 1.00. The minimum absolute atomic E-state index is 0.366. The minimum atomic E-state index is -2.21. The molecule has 0 aromatic heterocycles. The van der Waals surface area contributed by atoms with Gasteiger partial charge in [0, 0.05) is 46.0 Å². The van der Waals surface area contributed by atoms with E-state index < -0.39 is 95.8 Å². The van der Waals surface area contributed by atoms with Crippen LogP contribution in [0.4, 0.5) is 0 Å².